The van der Waals surface area contributed by atoms with Crippen molar-refractivity contribution in [2.75, 3.05) is 25.6 Å². The highest BCUT2D eigenvalue weighted by Crippen LogP contribution is 2.28. The summed E-state index contributed by atoms with van der Waals surface area (Å²) in [6.45, 7) is 6.03. The third kappa shape index (κ3) is 6.16. The highest BCUT2D eigenvalue weighted by molar-refractivity contribution is 6.31. The maximum Gasteiger partial charge on any atom is 0.338 e. The van der Waals surface area contributed by atoms with Crippen LogP contribution in [0, 0.1) is 12.8 Å². The molecule has 2 rings (SSSR count). The summed E-state index contributed by atoms with van der Waals surface area (Å²) >= 11 is 5.93. The Morgan fingerprint density at radius 1 is 1.11 bits per heavy atom. The maximum atomic E-state index is 12.2. The molecule has 2 aromatic rings. The van der Waals surface area contributed by atoms with E-state index in [-0.39, 0.29) is 5.56 Å². The van der Waals surface area contributed by atoms with Gasteiger partial charge in [0, 0.05) is 10.7 Å². The third-order valence-corrected chi connectivity index (χ3v) is 4.01. The predicted molar refractivity (Wildman–Crippen MR) is 108 cm³/mol. The molecule has 0 heterocycles. The lowest BCUT2D eigenvalue weighted by molar-refractivity contribution is -0.119. The molecular weight excluding hydrogens is 382 g/mol. The van der Waals surface area contributed by atoms with Gasteiger partial charge in [-0.25, -0.2) is 4.79 Å². The summed E-state index contributed by atoms with van der Waals surface area (Å²) in [4.78, 5) is 24.3. The quantitative estimate of drug-likeness (QED) is 0.655. The number of benzene rings is 2. The lowest BCUT2D eigenvalue weighted by Crippen LogP contribution is -2.21. The maximum absolute atomic E-state index is 12.2. The summed E-state index contributed by atoms with van der Waals surface area (Å²) in [5, 5.41) is 3.18. The molecule has 28 heavy (non-hydrogen) atoms. The highest BCUT2D eigenvalue weighted by atomic mass is 35.5. The number of halogens is 1. The molecule has 7 heteroatoms. The Bertz CT molecular complexity index is 851. The molecule has 0 bridgehead atoms. The van der Waals surface area contributed by atoms with Crippen LogP contribution in [0.2, 0.25) is 5.02 Å². The molecule has 0 aromatic heterocycles. The Kier molecular flexibility index (Phi) is 7.70. The minimum absolute atomic E-state index is 0.264. The standard InChI is InChI=1S/C21H24ClNO5/c1-13(2)11-27-18-8-6-15(9-19(18)26-4)21(25)28-12-20(24)23-17-10-16(22)7-5-14(17)3/h5-10,13H,11-12H2,1-4H3,(H,23,24). The Morgan fingerprint density at radius 3 is 2.54 bits per heavy atom. The van der Waals surface area contributed by atoms with Gasteiger partial charge in [-0.3, -0.25) is 4.79 Å². The zero-order valence-corrected chi connectivity index (χ0v) is 17.1. The average Bonchev–Trinajstić information content (AvgIpc) is 2.67. The van der Waals surface area contributed by atoms with E-state index in [4.69, 9.17) is 25.8 Å². The number of hydrogen-bond acceptors (Lipinski definition) is 5. The fraction of sp³-hybridized carbons (Fsp3) is 0.333. The van der Waals surface area contributed by atoms with Crippen molar-refractivity contribution in [1.82, 2.24) is 0 Å². The molecule has 0 unspecified atom stereocenters. The van der Waals surface area contributed by atoms with Crippen molar-refractivity contribution in [2.24, 2.45) is 5.92 Å². The molecule has 0 aliphatic rings. The molecule has 0 spiro atoms. The average molecular weight is 406 g/mol. The van der Waals surface area contributed by atoms with Crippen molar-refractivity contribution >= 4 is 29.2 Å². The van der Waals surface area contributed by atoms with Crippen LogP contribution in [0.4, 0.5) is 5.69 Å². The molecule has 6 nitrogen and oxygen atoms in total. The van der Waals surface area contributed by atoms with Gasteiger partial charge in [0.2, 0.25) is 0 Å². The molecule has 0 radical (unpaired) electrons. The lowest BCUT2D eigenvalue weighted by atomic mass is 10.2. The second kappa shape index (κ2) is 9.99. The first-order valence-corrected chi connectivity index (χ1v) is 9.22. The molecular formula is C21H24ClNO5. The van der Waals surface area contributed by atoms with E-state index in [0.29, 0.717) is 34.7 Å². The smallest absolute Gasteiger partial charge is 0.338 e. The number of nitrogens with one attached hydrogen (secondary N) is 1. The normalized spacial score (nSPS) is 10.5. The Balaban J connectivity index is 1.96. The summed E-state index contributed by atoms with van der Waals surface area (Å²) in [6, 6.07) is 9.90. The number of methoxy groups -OCH3 is 1. The summed E-state index contributed by atoms with van der Waals surface area (Å²) in [7, 11) is 1.49. The molecule has 0 fully saturated rings. The minimum Gasteiger partial charge on any atom is -0.493 e. The molecule has 1 amide bonds. The zero-order chi connectivity index (χ0) is 20.7. The summed E-state index contributed by atoms with van der Waals surface area (Å²) in [5.74, 6) is 0.237. The second-order valence-electron chi connectivity index (χ2n) is 6.65. The van der Waals surface area contributed by atoms with Crippen molar-refractivity contribution in [3.63, 3.8) is 0 Å². The van der Waals surface area contributed by atoms with Gasteiger partial charge in [-0.1, -0.05) is 31.5 Å². The van der Waals surface area contributed by atoms with Gasteiger partial charge in [0.25, 0.3) is 5.91 Å². The van der Waals surface area contributed by atoms with E-state index < -0.39 is 18.5 Å². The van der Waals surface area contributed by atoms with Crippen LogP contribution >= 0.6 is 11.6 Å². The van der Waals surface area contributed by atoms with E-state index in [1.165, 1.54) is 13.2 Å². The van der Waals surface area contributed by atoms with E-state index >= 15 is 0 Å². The number of esters is 1. The first-order valence-electron chi connectivity index (χ1n) is 8.84. The molecule has 0 saturated carbocycles. The van der Waals surface area contributed by atoms with Gasteiger partial charge >= 0.3 is 5.97 Å². The topological polar surface area (TPSA) is 73.9 Å². The van der Waals surface area contributed by atoms with Crippen molar-refractivity contribution in [3.05, 3.63) is 52.5 Å². The van der Waals surface area contributed by atoms with Crippen molar-refractivity contribution in [3.8, 4) is 11.5 Å². The van der Waals surface area contributed by atoms with Gasteiger partial charge in [0.05, 0.1) is 19.3 Å². The number of anilines is 1. The summed E-state index contributed by atoms with van der Waals surface area (Å²) < 4.78 is 16.0. The predicted octanol–water partition coefficient (Wildman–Crippen LogP) is 4.49. The number of amides is 1. The molecule has 0 atom stereocenters. The monoisotopic (exact) mass is 405 g/mol. The summed E-state index contributed by atoms with van der Waals surface area (Å²) in [5.41, 5.74) is 1.69. The molecule has 150 valence electrons. The molecule has 0 aliphatic heterocycles. The van der Waals surface area contributed by atoms with Crippen LogP contribution in [-0.4, -0.2) is 32.2 Å². The molecule has 2 aromatic carbocycles. The van der Waals surface area contributed by atoms with E-state index in [1.807, 2.05) is 20.8 Å². The second-order valence-corrected chi connectivity index (χ2v) is 7.09. The van der Waals surface area contributed by atoms with Gasteiger partial charge in [0.15, 0.2) is 18.1 Å². The van der Waals surface area contributed by atoms with Crippen molar-refractivity contribution < 1.29 is 23.8 Å². The number of carbonyl (C=O) groups excluding carboxylic acids is 2. The number of ether oxygens (including phenoxy) is 3. The lowest BCUT2D eigenvalue weighted by Gasteiger charge is -2.13. The van der Waals surface area contributed by atoms with Crippen LogP contribution in [0.3, 0.4) is 0 Å². The van der Waals surface area contributed by atoms with Crippen LogP contribution < -0.4 is 14.8 Å². The minimum atomic E-state index is -0.633. The number of hydrogen-bond donors (Lipinski definition) is 1. The van der Waals surface area contributed by atoms with E-state index in [0.717, 1.165) is 5.56 Å². The van der Waals surface area contributed by atoms with Gasteiger partial charge < -0.3 is 19.5 Å². The number of aryl methyl sites for hydroxylation is 1. The largest absolute Gasteiger partial charge is 0.493 e. The van der Waals surface area contributed by atoms with E-state index in [1.54, 1.807) is 30.3 Å². The highest BCUT2D eigenvalue weighted by Gasteiger charge is 2.15. The van der Waals surface area contributed by atoms with E-state index in [9.17, 15) is 9.59 Å². The van der Waals surface area contributed by atoms with Crippen LogP contribution in [0.15, 0.2) is 36.4 Å². The van der Waals surface area contributed by atoms with Crippen molar-refractivity contribution in [1.29, 1.82) is 0 Å². The van der Waals surface area contributed by atoms with Crippen molar-refractivity contribution in [2.45, 2.75) is 20.8 Å². The SMILES string of the molecule is COc1cc(C(=O)OCC(=O)Nc2cc(Cl)ccc2C)ccc1OCC(C)C. The first-order chi connectivity index (χ1) is 13.3. The Morgan fingerprint density at radius 2 is 1.86 bits per heavy atom. The van der Waals surface area contributed by atoms with Gasteiger partial charge in [0.1, 0.15) is 0 Å². The summed E-state index contributed by atoms with van der Waals surface area (Å²) in [6.07, 6.45) is 0. The Hall–Kier alpha value is -2.73. The van der Waals surface area contributed by atoms with Gasteiger partial charge in [-0.15, -0.1) is 0 Å². The van der Waals surface area contributed by atoms with Gasteiger partial charge in [-0.2, -0.15) is 0 Å². The first kappa shape index (κ1) is 21.6. The van der Waals surface area contributed by atoms with Gasteiger partial charge in [-0.05, 0) is 48.7 Å². The van der Waals surface area contributed by atoms with Crippen LogP contribution in [0.25, 0.3) is 0 Å². The fourth-order valence-electron chi connectivity index (χ4n) is 2.30. The van der Waals surface area contributed by atoms with Crippen LogP contribution in [0.1, 0.15) is 29.8 Å². The fourth-order valence-corrected chi connectivity index (χ4v) is 2.47. The molecule has 0 aliphatic carbocycles. The van der Waals surface area contributed by atoms with Crippen LogP contribution in [-0.2, 0) is 9.53 Å². The zero-order valence-electron chi connectivity index (χ0n) is 16.4. The number of carbonyl (C=O) groups is 2. The van der Waals surface area contributed by atoms with Crippen LogP contribution in [0.5, 0.6) is 11.5 Å². The Labute approximate surface area is 169 Å². The third-order valence-electron chi connectivity index (χ3n) is 3.78. The molecule has 0 saturated heterocycles. The number of rotatable bonds is 8. The molecule has 1 N–H and O–H groups in total. The van der Waals surface area contributed by atoms with E-state index in [2.05, 4.69) is 5.32 Å².